The fourth-order valence-electron chi connectivity index (χ4n) is 2.83. The summed E-state index contributed by atoms with van der Waals surface area (Å²) in [5.41, 5.74) is 1.03. The highest BCUT2D eigenvalue weighted by Gasteiger charge is 2.16. The van der Waals surface area contributed by atoms with Gasteiger partial charge in [0.15, 0.2) is 0 Å². The van der Waals surface area contributed by atoms with Crippen molar-refractivity contribution in [3.05, 3.63) is 80.2 Å². The smallest absolute Gasteiger partial charge is 0.283 e. The summed E-state index contributed by atoms with van der Waals surface area (Å²) in [5.74, 6) is 0.216. The van der Waals surface area contributed by atoms with E-state index in [4.69, 9.17) is 11.6 Å². The first kappa shape index (κ1) is 15.3. The summed E-state index contributed by atoms with van der Waals surface area (Å²) in [6.45, 7) is 1.73. The van der Waals surface area contributed by atoms with Crippen LogP contribution >= 0.6 is 11.6 Å². The van der Waals surface area contributed by atoms with Crippen LogP contribution in [0.3, 0.4) is 0 Å². The number of aromatic nitrogens is 5. The molecule has 0 aliphatic rings. The lowest BCUT2D eigenvalue weighted by molar-refractivity contribution is 0.793. The van der Waals surface area contributed by atoms with Crippen molar-refractivity contribution in [2.45, 2.75) is 6.92 Å². The topological polar surface area (TPSA) is 85.6 Å². The minimum Gasteiger partial charge on any atom is -0.287 e. The van der Waals surface area contributed by atoms with E-state index in [-0.39, 0.29) is 17.1 Å². The number of hydrogen-bond donors (Lipinski definition) is 1. The number of nitrogens with one attached hydrogen (secondary N) is 1. The Morgan fingerprint density at radius 2 is 1.76 bits per heavy atom. The number of aromatic amines is 1. The zero-order chi connectivity index (χ0) is 17.6. The quantitative estimate of drug-likeness (QED) is 0.598. The van der Waals surface area contributed by atoms with E-state index in [9.17, 15) is 9.59 Å². The molecule has 0 bridgehead atoms. The molecule has 0 aliphatic carbocycles. The van der Waals surface area contributed by atoms with Crippen molar-refractivity contribution in [1.29, 1.82) is 0 Å². The molecule has 4 aromatic rings. The lowest BCUT2D eigenvalue weighted by Gasteiger charge is -2.10. The number of rotatable bonds is 2. The number of benzene rings is 1. The van der Waals surface area contributed by atoms with Gasteiger partial charge in [-0.2, -0.15) is 4.68 Å². The molecular weight excluding hydrogens is 342 g/mol. The van der Waals surface area contributed by atoms with Gasteiger partial charge in [0.1, 0.15) is 0 Å². The van der Waals surface area contributed by atoms with E-state index in [1.165, 1.54) is 15.3 Å². The highest BCUT2D eigenvalue weighted by atomic mass is 35.5. The molecule has 0 fully saturated rings. The summed E-state index contributed by atoms with van der Waals surface area (Å²) < 4.78 is 2.70. The lowest BCUT2D eigenvalue weighted by atomic mass is 10.2. The summed E-state index contributed by atoms with van der Waals surface area (Å²) in [6.07, 6.45) is 3.08. The van der Waals surface area contributed by atoms with E-state index >= 15 is 0 Å². The summed E-state index contributed by atoms with van der Waals surface area (Å²) >= 11 is 5.91. The molecule has 3 aromatic heterocycles. The predicted molar refractivity (Wildman–Crippen MR) is 94.8 cm³/mol. The fourth-order valence-corrected chi connectivity index (χ4v) is 2.96. The van der Waals surface area contributed by atoms with E-state index in [0.717, 1.165) is 0 Å². The molecule has 0 unspecified atom stereocenters. The van der Waals surface area contributed by atoms with Gasteiger partial charge in [-0.1, -0.05) is 11.6 Å². The third-order valence-corrected chi connectivity index (χ3v) is 4.19. The molecule has 3 heterocycles. The zero-order valence-electron chi connectivity index (χ0n) is 13.1. The summed E-state index contributed by atoms with van der Waals surface area (Å²) in [5, 5.41) is 3.87. The average molecular weight is 354 g/mol. The van der Waals surface area contributed by atoms with Gasteiger partial charge in [0, 0.05) is 34.9 Å². The van der Waals surface area contributed by atoms with Crippen molar-refractivity contribution in [3.63, 3.8) is 0 Å². The Kier molecular flexibility index (Phi) is 3.51. The van der Waals surface area contributed by atoms with Gasteiger partial charge < -0.3 is 0 Å². The van der Waals surface area contributed by atoms with Crippen LogP contribution in [0.4, 0.5) is 0 Å². The first-order valence-corrected chi connectivity index (χ1v) is 7.85. The Labute approximate surface area is 146 Å². The van der Waals surface area contributed by atoms with E-state index in [2.05, 4.69) is 15.1 Å². The van der Waals surface area contributed by atoms with Crippen molar-refractivity contribution >= 4 is 22.5 Å². The molecule has 0 atom stereocenters. The highest BCUT2D eigenvalue weighted by Crippen LogP contribution is 2.17. The molecule has 1 N–H and O–H groups in total. The highest BCUT2D eigenvalue weighted by molar-refractivity contribution is 6.30. The molecule has 0 saturated heterocycles. The molecule has 4 rings (SSSR count). The Bertz CT molecular complexity index is 1190. The normalized spacial score (nSPS) is 11.1. The van der Waals surface area contributed by atoms with Crippen molar-refractivity contribution in [2.75, 3.05) is 0 Å². The molecular formula is C17H12ClN5O2. The first-order valence-electron chi connectivity index (χ1n) is 7.47. The van der Waals surface area contributed by atoms with Gasteiger partial charge >= 0.3 is 0 Å². The van der Waals surface area contributed by atoms with Gasteiger partial charge in [-0.05, 0) is 37.3 Å². The Morgan fingerprint density at radius 3 is 2.44 bits per heavy atom. The zero-order valence-corrected chi connectivity index (χ0v) is 13.9. The van der Waals surface area contributed by atoms with Crippen LogP contribution in [-0.2, 0) is 0 Å². The second kappa shape index (κ2) is 5.71. The maximum absolute atomic E-state index is 12.8. The van der Waals surface area contributed by atoms with E-state index in [1.807, 2.05) is 0 Å². The molecule has 0 saturated carbocycles. The summed E-state index contributed by atoms with van der Waals surface area (Å²) in [4.78, 5) is 33.5. The lowest BCUT2D eigenvalue weighted by Crippen LogP contribution is -2.22. The minimum absolute atomic E-state index is 0.216. The summed E-state index contributed by atoms with van der Waals surface area (Å²) in [7, 11) is 0. The Balaban J connectivity index is 2.03. The van der Waals surface area contributed by atoms with Crippen LogP contribution in [0.15, 0.2) is 58.4 Å². The van der Waals surface area contributed by atoms with Gasteiger partial charge in [0.25, 0.3) is 17.1 Å². The van der Waals surface area contributed by atoms with Crippen LogP contribution in [0.5, 0.6) is 0 Å². The maximum Gasteiger partial charge on any atom is 0.283 e. The van der Waals surface area contributed by atoms with Gasteiger partial charge in [0.2, 0.25) is 0 Å². The van der Waals surface area contributed by atoms with Crippen LogP contribution in [-0.4, -0.2) is 24.3 Å². The van der Waals surface area contributed by atoms with Crippen LogP contribution < -0.4 is 11.1 Å². The molecule has 8 heteroatoms. The van der Waals surface area contributed by atoms with Crippen molar-refractivity contribution < 1.29 is 0 Å². The van der Waals surface area contributed by atoms with Crippen molar-refractivity contribution in [3.8, 4) is 11.6 Å². The number of nitrogens with zero attached hydrogens (tertiary/aromatic N) is 4. The number of aryl methyl sites for hydroxylation is 1. The minimum atomic E-state index is -0.318. The molecule has 25 heavy (non-hydrogen) atoms. The number of hydrogen-bond acceptors (Lipinski definition) is 4. The standard InChI is InChI=1S/C17H12ClN5O2/c1-10-15-13(21-23(16(15)25)17-19-7-2-8-20-17)9-14(24)22(10)12-5-3-11(18)4-6-12/h2-9,21H,1H3. The number of pyridine rings is 1. The third kappa shape index (κ3) is 2.45. The molecule has 0 spiro atoms. The fraction of sp³-hybridized carbons (Fsp3) is 0.0588. The van der Waals surface area contributed by atoms with Crippen LogP contribution in [0.1, 0.15) is 5.69 Å². The van der Waals surface area contributed by atoms with Gasteiger partial charge in [-0.25, -0.2) is 9.97 Å². The van der Waals surface area contributed by atoms with Crippen molar-refractivity contribution in [2.24, 2.45) is 0 Å². The van der Waals surface area contributed by atoms with Gasteiger partial charge in [-0.3, -0.25) is 19.3 Å². The molecule has 7 nitrogen and oxygen atoms in total. The van der Waals surface area contributed by atoms with Crippen molar-refractivity contribution in [1.82, 2.24) is 24.3 Å². The van der Waals surface area contributed by atoms with Crippen LogP contribution in [0.25, 0.3) is 22.5 Å². The van der Waals surface area contributed by atoms with E-state index < -0.39 is 0 Å². The van der Waals surface area contributed by atoms with Gasteiger partial charge in [0.05, 0.1) is 10.9 Å². The second-order valence-corrected chi connectivity index (χ2v) is 5.91. The van der Waals surface area contributed by atoms with Crippen LogP contribution in [0, 0.1) is 6.92 Å². The average Bonchev–Trinajstić information content (AvgIpc) is 2.94. The van der Waals surface area contributed by atoms with E-state index in [1.54, 1.807) is 49.6 Å². The summed E-state index contributed by atoms with van der Waals surface area (Å²) in [6, 6.07) is 9.90. The molecule has 0 radical (unpaired) electrons. The molecule has 124 valence electrons. The second-order valence-electron chi connectivity index (χ2n) is 5.47. The SMILES string of the molecule is Cc1c2c(=O)n(-c3ncccn3)[nH]c2cc(=O)n1-c1ccc(Cl)cc1. The number of H-pyrrole nitrogens is 1. The monoisotopic (exact) mass is 353 g/mol. The van der Waals surface area contributed by atoms with Gasteiger partial charge in [-0.15, -0.1) is 0 Å². The van der Waals surface area contributed by atoms with E-state index in [0.29, 0.717) is 27.3 Å². The molecule has 0 aliphatic heterocycles. The third-order valence-electron chi connectivity index (χ3n) is 3.94. The Hall–Kier alpha value is -3.19. The largest absolute Gasteiger partial charge is 0.287 e. The predicted octanol–water partition coefficient (Wildman–Crippen LogP) is 2.22. The van der Waals surface area contributed by atoms with Crippen LogP contribution in [0.2, 0.25) is 5.02 Å². The molecule has 1 aromatic carbocycles. The maximum atomic E-state index is 12.8. The number of fused-ring (bicyclic) bond motifs is 1. The first-order chi connectivity index (χ1) is 12.1. The Morgan fingerprint density at radius 1 is 1.08 bits per heavy atom. The number of halogens is 1. The molecule has 0 amide bonds.